The van der Waals surface area contributed by atoms with Crippen LogP contribution in [0.4, 0.5) is 0 Å². The van der Waals surface area contributed by atoms with Crippen molar-refractivity contribution < 1.29 is 4.79 Å². The second-order valence-corrected chi connectivity index (χ2v) is 7.85. The Kier molecular flexibility index (Phi) is 5.92. The number of thiophene rings is 1. The molecule has 0 aromatic carbocycles. The minimum absolute atomic E-state index is 0.311. The summed E-state index contributed by atoms with van der Waals surface area (Å²) in [6.45, 7) is 3.65. The molecule has 5 heteroatoms. The Hall–Kier alpha value is -0.130. The van der Waals surface area contributed by atoms with Crippen molar-refractivity contribution in [2.75, 3.05) is 23.8 Å². The largest absolute Gasteiger partial charge is 0.338 e. The van der Waals surface area contributed by atoms with Crippen molar-refractivity contribution in [2.45, 2.75) is 25.1 Å². The molecule has 18 heavy (non-hydrogen) atoms. The van der Waals surface area contributed by atoms with E-state index in [9.17, 15) is 4.79 Å². The van der Waals surface area contributed by atoms with Crippen LogP contribution in [0.2, 0.25) is 0 Å². The van der Waals surface area contributed by atoms with Gasteiger partial charge in [-0.15, -0.1) is 11.3 Å². The number of thioether (sulfide) groups is 2. The van der Waals surface area contributed by atoms with Crippen LogP contribution in [0, 0.1) is 0 Å². The molecule has 2 nitrogen and oxygen atoms in total. The molecular formula is C13H19NOS3. The first-order valence-corrected chi connectivity index (χ1v) is 9.37. The van der Waals surface area contributed by atoms with Gasteiger partial charge in [-0.05, 0) is 18.4 Å². The van der Waals surface area contributed by atoms with Gasteiger partial charge in [-0.25, -0.2) is 0 Å². The summed E-state index contributed by atoms with van der Waals surface area (Å²) in [7, 11) is 0. The third-order valence-electron chi connectivity index (χ3n) is 2.95. The smallest absolute Gasteiger partial charge is 0.224 e. The number of hydrogen-bond donors (Lipinski definition) is 0. The van der Waals surface area contributed by atoms with E-state index in [2.05, 4.69) is 18.4 Å². The molecule has 1 saturated heterocycles. The van der Waals surface area contributed by atoms with Crippen LogP contribution in [-0.4, -0.2) is 39.9 Å². The molecule has 0 radical (unpaired) electrons. The molecule has 0 bridgehead atoms. The van der Waals surface area contributed by atoms with Crippen LogP contribution in [0.5, 0.6) is 0 Å². The Bertz CT molecular complexity index is 360. The fourth-order valence-corrected chi connectivity index (χ4v) is 5.34. The van der Waals surface area contributed by atoms with Gasteiger partial charge < -0.3 is 4.90 Å². The van der Waals surface area contributed by atoms with Crippen molar-refractivity contribution in [3.63, 3.8) is 0 Å². The monoisotopic (exact) mass is 301 g/mol. The zero-order valence-electron chi connectivity index (χ0n) is 10.6. The molecule has 2 rings (SSSR count). The normalized spacial score (nSPS) is 19.7. The SMILES string of the molecule is CCN(Cc1cccs1)C(=O)CC1CSCCS1. The number of nitrogens with zero attached hydrogens (tertiary/aromatic N) is 1. The average Bonchev–Trinajstić information content (AvgIpc) is 2.90. The lowest BCUT2D eigenvalue weighted by molar-refractivity contribution is -0.131. The van der Waals surface area contributed by atoms with Crippen LogP contribution in [0.15, 0.2) is 17.5 Å². The maximum absolute atomic E-state index is 12.3. The lowest BCUT2D eigenvalue weighted by Gasteiger charge is -2.25. The van der Waals surface area contributed by atoms with Gasteiger partial charge in [0.05, 0.1) is 6.54 Å². The van der Waals surface area contributed by atoms with Crippen LogP contribution in [0.25, 0.3) is 0 Å². The highest BCUT2D eigenvalue weighted by Crippen LogP contribution is 2.27. The first-order valence-electron chi connectivity index (χ1n) is 6.29. The van der Waals surface area contributed by atoms with E-state index < -0.39 is 0 Å². The Labute approximate surface area is 122 Å². The lowest BCUT2D eigenvalue weighted by atomic mass is 10.2. The third kappa shape index (κ3) is 4.21. The lowest BCUT2D eigenvalue weighted by Crippen LogP contribution is -2.33. The van der Waals surface area contributed by atoms with Gasteiger partial charge >= 0.3 is 0 Å². The summed E-state index contributed by atoms with van der Waals surface area (Å²) < 4.78 is 0. The van der Waals surface area contributed by atoms with Gasteiger partial charge in [-0.2, -0.15) is 23.5 Å². The van der Waals surface area contributed by atoms with E-state index in [1.54, 1.807) is 11.3 Å². The van der Waals surface area contributed by atoms with Crippen molar-refractivity contribution in [1.82, 2.24) is 4.90 Å². The summed E-state index contributed by atoms with van der Waals surface area (Å²) in [5.41, 5.74) is 0. The molecular weight excluding hydrogens is 282 g/mol. The molecule has 0 N–H and O–H groups in total. The van der Waals surface area contributed by atoms with E-state index in [-0.39, 0.29) is 0 Å². The molecule has 100 valence electrons. The standard InChI is InChI=1S/C13H19NOS3/c1-2-14(9-11-4-3-5-17-11)13(15)8-12-10-16-6-7-18-12/h3-5,12H,2,6-10H2,1H3. The summed E-state index contributed by atoms with van der Waals surface area (Å²) >= 11 is 5.67. The fraction of sp³-hybridized carbons (Fsp3) is 0.615. The van der Waals surface area contributed by atoms with Crippen LogP contribution >= 0.6 is 34.9 Å². The third-order valence-corrected chi connectivity index (χ3v) is 6.65. The highest BCUT2D eigenvalue weighted by atomic mass is 32.2. The number of amides is 1. The molecule has 0 aliphatic carbocycles. The molecule has 1 amide bonds. The van der Waals surface area contributed by atoms with Gasteiger partial charge in [0.15, 0.2) is 0 Å². The van der Waals surface area contributed by atoms with Crippen molar-refractivity contribution >= 4 is 40.8 Å². The second-order valence-electron chi connectivity index (χ2n) is 4.26. The molecule has 0 spiro atoms. The molecule has 1 aromatic rings. The molecule has 2 heterocycles. The van der Waals surface area contributed by atoms with E-state index in [1.165, 1.54) is 16.4 Å². The molecule has 1 unspecified atom stereocenters. The van der Waals surface area contributed by atoms with Gasteiger partial charge in [0.1, 0.15) is 0 Å². The van der Waals surface area contributed by atoms with Gasteiger partial charge in [-0.1, -0.05) is 6.07 Å². The van der Waals surface area contributed by atoms with E-state index in [0.29, 0.717) is 17.6 Å². The maximum Gasteiger partial charge on any atom is 0.224 e. The number of hydrogen-bond acceptors (Lipinski definition) is 4. The summed E-state index contributed by atoms with van der Waals surface area (Å²) in [6, 6.07) is 4.15. The Morgan fingerprint density at radius 3 is 3.00 bits per heavy atom. The van der Waals surface area contributed by atoms with Gasteiger partial charge in [-0.3, -0.25) is 4.79 Å². The van der Waals surface area contributed by atoms with Gasteiger partial charge in [0, 0.05) is 40.4 Å². The van der Waals surface area contributed by atoms with E-state index in [0.717, 1.165) is 18.8 Å². The van der Waals surface area contributed by atoms with E-state index >= 15 is 0 Å². The van der Waals surface area contributed by atoms with Crippen LogP contribution in [0.1, 0.15) is 18.2 Å². The summed E-state index contributed by atoms with van der Waals surface area (Å²) in [5.74, 6) is 3.88. The van der Waals surface area contributed by atoms with Crippen molar-refractivity contribution in [3.8, 4) is 0 Å². The predicted octanol–water partition coefficient (Wildman–Crippen LogP) is 3.34. The minimum Gasteiger partial charge on any atom is -0.338 e. The fourth-order valence-electron chi connectivity index (χ4n) is 1.95. The highest BCUT2D eigenvalue weighted by molar-refractivity contribution is 8.06. The molecule has 0 saturated carbocycles. The molecule has 1 aliphatic rings. The van der Waals surface area contributed by atoms with Crippen molar-refractivity contribution in [3.05, 3.63) is 22.4 Å². The first-order chi connectivity index (χ1) is 8.79. The van der Waals surface area contributed by atoms with Crippen LogP contribution in [0.3, 0.4) is 0 Å². The minimum atomic E-state index is 0.311. The Balaban J connectivity index is 1.84. The zero-order chi connectivity index (χ0) is 12.8. The molecule has 1 fully saturated rings. The van der Waals surface area contributed by atoms with E-state index in [4.69, 9.17) is 0 Å². The molecule has 1 aromatic heterocycles. The predicted molar refractivity (Wildman–Crippen MR) is 83.6 cm³/mol. The number of carbonyl (C=O) groups is 1. The number of carbonyl (C=O) groups excluding carboxylic acids is 1. The Morgan fingerprint density at radius 2 is 2.39 bits per heavy atom. The van der Waals surface area contributed by atoms with Crippen molar-refractivity contribution in [2.24, 2.45) is 0 Å². The Morgan fingerprint density at radius 1 is 1.50 bits per heavy atom. The average molecular weight is 302 g/mol. The first kappa shape index (κ1) is 14.3. The van der Waals surface area contributed by atoms with Gasteiger partial charge in [0.25, 0.3) is 0 Å². The summed E-state index contributed by atoms with van der Waals surface area (Å²) in [5, 5.41) is 2.59. The topological polar surface area (TPSA) is 20.3 Å². The van der Waals surface area contributed by atoms with Gasteiger partial charge in [0.2, 0.25) is 5.91 Å². The van der Waals surface area contributed by atoms with Crippen molar-refractivity contribution in [1.29, 1.82) is 0 Å². The van der Waals surface area contributed by atoms with E-state index in [1.807, 2.05) is 34.5 Å². The summed E-state index contributed by atoms with van der Waals surface area (Å²) in [6.07, 6.45) is 0.705. The zero-order valence-corrected chi connectivity index (χ0v) is 13.1. The van der Waals surface area contributed by atoms with Crippen LogP contribution < -0.4 is 0 Å². The summed E-state index contributed by atoms with van der Waals surface area (Å²) in [4.78, 5) is 15.5. The number of rotatable bonds is 5. The molecule has 1 aliphatic heterocycles. The quantitative estimate of drug-likeness (QED) is 0.832. The van der Waals surface area contributed by atoms with Crippen LogP contribution in [-0.2, 0) is 11.3 Å². The second kappa shape index (κ2) is 7.46. The molecule has 1 atom stereocenters. The highest BCUT2D eigenvalue weighted by Gasteiger charge is 2.21. The maximum atomic E-state index is 12.3.